The molecular formula is C24H18F6N6O. The predicted octanol–water partition coefficient (Wildman–Crippen LogP) is 5.70. The van der Waals surface area contributed by atoms with Crippen molar-refractivity contribution in [1.82, 2.24) is 19.9 Å². The molecule has 0 saturated carbocycles. The van der Waals surface area contributed by atoms with Crippen molar-refractivity contribution in [3.8, 4) is 11.4 Å². The molecule has 0 spiro atoms. The highest BCUT2D eigenvalue weighted by molar-refractivity contribution is 5.93. The summed E-state index contributed by atoms with van der Waals surface area (Å²) < 4.78 is 84.9. The van der Waals surface area contributed by atoms with Crippen LogP contribution in [0, 0.1) is 0 Å². The Morgan fingerprint density at radius 3 is 2.32 bits per heavy atom. The highest BCUT2D eigenvalue weighted by Gasteiger charge is 2.35. The number of ether oxygens (including phenoxy) is 1. The van der Waals surface area contributed by atoms with E-state index in [1.807, 2.05) is 4.90 Å². The lowest BCUT2D eigenvalue weighted by atomic mass is 10.1. The van der Waals surface area contributed by atoms with Gasteiger partial charge in [-0.05, 0) is 36.4 Å². The standard InChI is InChI=1S/C24H18F6N6O/c25-23(26,27)14-3-6-19(32-13-14)33-18-12-20(36-8-10-37-11-9-36)35-22-15(18)4-5-17(34-22)21-16(24(28,29)30)2-1-7-31-21/h1-7,12-13H,8-11H2,(H,32,33,34,35). The van der Waals surface area contributed by atoms with E-state index >= 15 is 0 Å². The quantitative estimate of drug-likeness (QED) is 0.346. The van der Waals surface area contributed by atoms with Crippen LogP contribution in [-0.4, -0.2) is 46.2 Å². The molecule has 1 aliphatic rings. The fourth-order valence-electron chi connectivity index (χ4n) is 3.89. The lowest BCUT2D eigenvalue weighted by Crippen LogP contribution is -2.36. The van der Waals surface area contributed by atoms with Crippen LogP contribution in [0.1, 0.15) is 11.1 Å². The number of hydrogen-bond donors (Lipinski definition) is 1. The van der Waals surface area contributed by atoms with Gasteiger partial charge < -0.3 is 15.0 Å². The molecule has 0 aromatic carbocycles. The monoisotopic (exact) mass is 520 g/mol. The normalized spacial score (nSPS) is 14.7. The van der Waals surface area contributed by atoms with Gasteiger partial charge >= 0.3 is 12.4 Å². The summed E-state index contributed by atoms with van der Waals surface area (Å²) in [7, 11) is 0. The van der Waals surface area contributed by atoms with E-state index < -0.39 is 23.5 Å². The third-order valence-electron chi connectivity index (χ3n) is 5.70. The van der Waals surface area contributed by atoms with Gasteiger partial charge in [0.25, 0.3) is 0 Å². The van der Waals surface area contributed by atoms with Crippen molar-refractivity contribution in [2.45, 2.75) is 12.4 Å². The second kappa shape index (κ2) is 9.47. The van der Waals surface area contributed by atoms with Gasteiger partial charge in [0.1, 0.15) is 17.3 Å². The number of morpholine rings is 1. The molecule has 1 aliphatic heterocycles. The van der Waals surface area contributed by atoms with Crippen LogP contribution in [0.15, 0.2) is 54.9 Å². The summed E-state index contributed by atoms with van der Waals surface area (Å²) in [5, 5.41) is 3.42. The van der Waals surface area contributed by atoms with Gasteiger partial charge in [-0.15, -0.1) is 0 Å². The molecule has 0 bridgehead atoms. The summed E-state index contributed by atoms with van der Waals surface area (Å²) in [6.45, 7) is 1.96. The first-order chi connectivity index (χ1) is 17.6. The minimum Gasteiger partial charge on any atom is -0.378 e. The Balaban J connectivity index is 1.60. The number of pyridine rings is 4. The second-order valence-electron chi connectivity index (χ2n) is 8.15. The van der Waals surface area contributed by atoms with E-state index in [2.05, 4.69) is 25.3 Å². The molecule has 1 N–H and O–H groups in total. The maximum Gasteiger partial charge on any atom is 0.418 e. The lowest BCUT2D eigenvalue weighted by Gasteiger charge is -2.28. The Kier molecular flexibility index (Phi) is 6.31. The van der Waals surface area contributed by atoms with Gasteiger partial charge in [-0.25, -0.2) is 15.0 Å². The zero-order valence-electron chi connectivity index (χ0n) is 18.9. The maximum absolute atomic E-state index is 13.6. The molecule has 37 heavy (non-hydrogen) atoms. The van der Waals surface area contributed by atoms with Crippen molar-refractivity contribution in [1.29, 1.82) is 0 Å². The molecule has 192 valence electrons. The Labute approximate surface area is 206 Å². The van der Waals surface area contributed by atoms with Gasteiger partial charge in [-0.2, -0.15) is 26.3 Å². The van der Waals surface area contributed by atoms with Crippen LogP contribution in [0.25, 0.3) is 22.4 Å². The summed E-state index contributed by atoms with van der Waals surface area (Å²) >= 11 is 0. The van der Waals surface area contributed by atoms with E-state index in [1.165, 1.54) is 30.5 Å². The van der Waals surface area contributed by atoms with Crippen LogP contribution in [0.2, 0.25) is 0 Å². The number of aromatic nitrogens is 4. The minimum atomic E-state index is -4.63. The topological polar surface area (TPSA) is 76.1 Å². The molecule has 0 atom stereocenters. The van der Waals surface area contributed by atoms with Gasteiger partial charge in [0.15, 0.2) is 5.65 Å². The van der Waals surface area contributed by atoms with Crippen LogP contribution in [-0.2, 0) is 17.1 Å². The first-order valence-corrected chi connectivity index (χ1v) is 11.1. The lowest BCUT2D eigenvalue weighted by molar-refractivity contribution is -0.138. The zero-order valence-corrected chi connectivity index (χ0v) is 18.9. The summed E-state index contributed by atoms with van der Waals surface area (Å²) in [6.07, 6.45) is -7.20. The molecule has 0 unspecified atom stereocenters. The fraction of sp³-hybridized carbons (Fsp3) is 0.250. The van der Waals surface area contributed by atoms with Crippen LogP contribution in [0.4, 0.5) is 43.7 Å². The largest absolute Gasteiger partial charge is 0.418 e. The van der Waals surface area contributed by atoms with E-state index in [9.17, 15) is 26.3 Å². The molecule has 7 nitrogen and oxygen atoms in total. The first-order valence-electron chi connectivity index (χ1n) is 11.1. The maximum atomic E-state index is 13.6. The van der Waals surface area contributed by atoms with Crippen LogP contribution < -0.4 is 10.2 Å². The zero-order chi connectivity index (χ0) is 26.2. The van der Waals surface area contributed by atoms with E-state index in [-0.39, 0.29) is 22.9 Å². The number of rotatable bonds is 4. The van der Waals surface area contributed by atoms with Crippen LogP contribution >= 0.6 is 0 Å². The van der Waals surface area contributed by atoms with Crippen LogP contribution in [0.3, 0.4) is 0 Å². The van der Waals surface area contributed by atoms with Crippen molar-refractivity contribution >= 4 is 28.4 Å². The minimum absolute atomic E-state index is 0.0225. The molecule has 5 heterocycles. The molecule has 4 aromatic rings. The van der Waals surface area contributed by atoms with Crippen molar-refractivity contribution in [3.63, 3.8) is 0 Å². The van der Waals surface area contributed by atoms with E-state index in [1.54, 1.807) is 6.07 Å². The molecule has 0 aliphatic carbocycles. The molecule has 13 heteroatoms. The second-order valence-corrected chi connectivity index (χ2v) is 8.15. The number of nitrogens with zero attached hydrogens (tertiary/aromatic N) is 5. The van der Waals surface area contributed by atoms with Crippen molar-refractivity contribution < 1.29 is 31.1 Å². The Morgan fingerprint density at radius 2 is 1.65 bits per heavy atom. The van der Waals surface area contributed by atoms with Gasteiger partial charge in [0.2, 0.25) is 0 Å². The number of hydrogen-bond acceptors (Lipinski definition) is 7. The smallest absolute Gasteiger partial charge is 0.378 e. The van der Waals surface area contributed by atoms with Crippen molar-refractivity contribution in [3.05, 3.63) is 66.0 Å². The Hall–Kier alpha value is -4.00. The Bertz CT molecular complexity index is 1420. The summed E-state index contributed by atoms with van der Waals surface area (Å²) in [5.74, 6) is 0.619. The Morgan fingerprint density at radius 1 is 0.865 bits per heavy atom. The summed E-state index contributed by atoms with van der Waals surface area (Å²) in [5.41, 5.74) is -1.63. The van der Waals surface area contributed by atoms with Gasteiger partial charge in [0.05, 0.1) is 35.7 Å². The average Bonchev–Trinajstić information content (AvgIpc) is 2.88. The van der Waals surface area contributed by atoms with Gasteiger partial charge in [0, 0.05) is 36.9 Å². The molecule has 5 rings (SSSR count). The van der Waals surface area contributed by atoms with Crippen molar-refractivity contribution in [2.24, 2.45) is 0 Å². The number of halogens is 6. The predicted molar refractivity (Wildman–Crippen MR) is 123 cm³/mol. The summed E-state index contributed by atoms with van der Waals surface area (Å²) in [4.78, 5) is 18.6. The molecule has 1 saturated heterocycles. The number of anilines is 3. The molecule has 0 radical (unpaired) electrons. The highest BCUT2D eigenvalue weighted by atomic mass is 19.4. The van der Waals surface area contributed by atoms with E-state index in [0.29, 0.717) is 49.4 Å². The van der Waals surface area contributed by atoms with E-state index in [4.69, 9.17) is 4.74 Å². The average molecular weight is 520 g/mol. The SMILES string of the molecule is FC(F)(F)c1ccc(Nc2cc(N3CCOCC3)nc3nc(-c4ncccc4C(F)(F)F)ccc23)nc1. The van der Waals surface area contributed by atoms with Crippen LogP contribution in [0.5, 0.6) is 0 Å². The molecule has 0 amide bonds. The third-order valence-corrected chi connectivity index (χ3v) is 5.70. The highest BCUT2D eigenvalue weighted by Crippen LogP contribution is 2.37. The number of fused-ring (bicyclic) bond motifs is 1. The van der Waals surface area contributed by atoms with Gasteiger partial charge in [-0.1, -0.05) is 0 Å². The van der Waals surface area contributed by atoms with E-state index in [0.717, 1.165) is 12.1 Å². The third kappa shape index (κ3) is 5.26. The molecule has 1 fully saturated rings. The first kappa shape index (κ1) is 24.7. The van der Waals surface area contributed by atoms with Crippen molar-refractivity contribution in [2.75, 3.05) is 36.5 Å². The summed E-state index contributed by atoms with van der Waals surface area (Å²) in [6, 6.07) is 8.83. The number of nitrogens with one attached hydrogen (secondary N) is 1. The molecular weight excluding hydrogens is 502 g/mol. The molecule has 4 aromatic heterocycles. The number of alkyl halides is 6. The fourth-order valence-corrected chi connectivity index (χ4v) is 3.89. The van der Waals surface area contributed by atoms with Gasteiger partial charge in [-0.3, -0.25) is 4.98 Å².